The minimum Gasteiger partial charge on any atom is -0.314 e. The zero-order valence-electron chi connectivity index (χ0n) is 12.4. The van der Waals surface area contributed by atoms with Crippen LogP contribution in [-0.4, -0.2) is 31.1 Å². The Labute approximate surface area is 145 Å². The molecule has 23 heavy (non-hydrogen) atoms. The maximum Gasteiger partial charge on any atom is 0.416 e. The molecule has 1 saturated heterocycles. The fraction of sp³-hybridized carbons (Fsp3) is 0.600. The second kappa shape index (κ2) is 8.01. The van der Waals surface area contributed by atoms with E-state index in [1.165, 1.54) is 6.07 Å². The summed E-state index contributed by atoms with van der Waals surface area (Å²) in [6.45, 7) is 3.03. The number of nitrogens with zero attached hydrogens (tertiary/aromatic N) is 1. The number of piperazine rings is 1. The maximum absolute atomic E-state index is 13.3. The van der Waals surface area contributed by atoms with Crippen LogP contribution in [0, 0.1) is 11.7 Å². The highest BCUT2D eigenvalue weighted by atomic mass is 35.5. The molecule has 0 unspecified atom stereocenters. The van der Waals surface area contributed by atoms with Crippen molar-refractivity contribution >= 4 is 24.8 Å². The van der Waals surface area contributed by atoms with E-state index in [0.717, 1.165) is 45.1 Å². The van der Waals surface area contributed by atoms with Gasteiger partial charge in [-0.05, 0) is 36.5 Å². The Kier molecular flexibility index (Phi) is 7.13. The molecule has 1 aliphatic heterocycles. The highest BCUT2D eigenvalue weighted by Gasteiger charge is 2.42. The van der Waals surface area contributed by atoms with Crippen LogP contribution in [0.1, 0.15) is 30.0 Å². The lowest BCUT2D eigenvalue weighted by Crippen LogP contribution is -2.46. The first-order chi connectivity index (χ1) is 9.97. The van der Waals surface area contributed by atoms with E-state index < -0.39 is 17.6 Å². The minimum atomic E-state index is -4.52. The van der Waals surface area contributed by atoms with Crippen LogP contribution in [0.3, 0.4) is 0 Å². The van der Waals surface area contributed by atoms with E-state index in [0.29, 0.717) is 6.07 Å². The topological polar surface area (TPSA) is 15.3 Å². The molecule has 0 radical (unpaired) electrons. The molecule has 1 aliphatic carbocycles. The third-order valence-electron chi connectivity index (χ3n) is 4.25. The summed E-state index contributed by atoms with van der Waals surface area (Å²) in [5.41, 5.74) is -0.591. The summed E-state index contributed by atoms with van der Waals surface area (Å²) in [6.07, 6.45) is -2.62. The van der Waals surface area contributed by atoms with Crippen molar-refractivity contribution in [3.63, 3.8) is 0 Å². The smallest absolute Gasteiger partial charge is 0.314 e. The Balaban J connectivity index is 0.00000132. The molecular formula is C15H20Cl2F4N2. The van der Waals surface area contributed by atoms with Crippen molar-refractivity contribution in [3.05, 3.63) is 35.1 Å². The molecule has 1 N–H and O–H groups in total. The van der Waals surface area contributed by atoms with E-state index in [4.69, 9.17) is 0 Å². The second-order valence-corrected chi connectivity index (χ2v) is 5.80. The Morgan fingerprint density at radius 3 is 2.22 bits per heavy atom. The van der Waals surface area contributed by atoms with Crippen LogP contribution < -0.4 is 5.32 Å². The molecule has 1 aromatic rings. The highest BCUT2D eigenvalue weighted by Crippen LogP contribution is 2.48. The lowest BCUT2D eigenvalue weighted by molar-refractivity contribution is -0.139. The van der Waals surface area contributed by atoms with Crippen LogP contribution in [0.2, 0.25) is 0 Å². The summed E-state index contributed by atoms with van der Waals surface area (Å²) in [5, 5.41) is 3.21. The maximum atomic E-state index is 13.3. The molecule has 132 valence electrons. The van der Waals surface area contributed by atoms with E-state index in [1.807, 2.05) is 0 Å². The fourth-order valence-corrected chi connectivity index (χ4v) is 3.15. The van der Waals surface area contributed by atoms with Gasteiger partial charge in [-0.1, -0.05) is 6.07 Å². The quantitative estimate of drug-likeness (QED) is 0.803. The summed E-state index contributed by atoms with van der Waals surface area (Å²) in [4.78, 5) is 2.11. The van der Waals surface area contributed by atoms with Gasteiger partial charge in [0, 0.05) is 32.2 Å². The predicted octanol–water partition coefficient (Wildman–Crippen LogP) is 4.04. The van der Waals surface area contributed by atoms with Gasteiger partial charge in [0.2, 0.25) is 0 Å². The summed E-state index contributed by atoms with van der Waals surface area (Å²) in [5.74, 6) is -0.574. The Morgan fingerprint density at radius 2 is 1.70 bits per heavy atom. The van der Waals surface area contributed by atoms with Crippen molar-refractivity contribution < 1.29 is 17.6 Å². The summed E-state index contributed by atoms with van der Waals surface area (Å²) in [7, 11) is 0. The molecule has 1 atom stereocenters. The largest absolute Gasteiger partial charge is 0.416 e. The Bertz CT molecular complexity index is 515. The molecule has 2 nitrogen and oxygen atoms in total. The number of nitrogens with one attached hydrogen (secondary N) is 1. The highest BCUT2D eigenvalue weighted by molar-refractivity contribution is 5.85. The normalized spacial score (nSPS) is 20.3. The van der Waals surface area contributed by atoms with Crippen molar-refractivity contribution in [1.29, 1.82) is 0 Å². The average Bonchev–Trinajstić information content (AvgIpc) is 3.25. The van der Waals surface area contributed by atoms with E-state index >= 15 is 0 Å². The monoisotopic (exact) mass is 374 g/mol. The van der Waals surface area contributed by atoms with Crippen LogP contribution in [0.15, 0.2) is 18.2 Å². The molecule has 1 heterocycles. The van der Waals surface area contributed by atoms with Crippen molar-refractivity contribution in [1.82, 2.24) is 10.2 Å². The molecule has 0 bridgehead atoms. The summed E-state index contributed by atoms with van der Waals surface area (Å²) < 4.78 is 53.0. The van der Waals surface area contributed by atoms with Crippen LogP contribution >= 0.6 is 24.8 Å². The Hall–Kier alpha value is -0.560. The first kappa shape index (κ1) is 20.5. The van der Waals surface area contributed by atoms with Gasteiger partial charge in [-0.25, -0.2) is 4.39 Å². The summed E-state index contributed by atoms with van der Waals surface area (Å²) >= 11 is 0. The molecule has 2 aliphatic rings. The van der Waals surface area contributed by atoms with E-state index in [1.54, 1.807) is 0 Å². The summed E-state index contributed by atoms with van der Waals surface area (Å²) in [6, 6.07) is 2.85. The van der Waals surface area contributed by atoms with Gasteiger partial charge in [-0.15, -0.1) is 24.8 Å². The third kappa shape index (κ3) is 4.72. The fourth-order valence-electron chi connectivity index (χ4n) is 3.15. The molecule has 2 fully saturated rings. The second-order valence-electron chi connectivity index (χ2n) is 5.80. The number of hydrogen-bond donors (Lipinski definition) is 1. The van der Waals surface area contributed by atoms with Gasteiger partial charge in [0.25, 0.3) is 0 Å². The molecule has 0 amide bonds. The van der Waals surface area contributed by atoms with Gasteiger partial charge < -0.3 is 5.32 Å². The van der Waals surface area contributed by atoms with Crippen molar-refractivity contribution in [3.8, 4) is 0 Å². The average molecular weight is 375 g/mol. The lowest BCUT2D eigenvalue weighted by Gasteiger charge is -2.36. The molecule has 1 aromatic carbocycles. The molecule has 0 aromatic heterocycles. The zero-order valence-corrected chi connectivity index (χ0v) is 14.0. The number of alkyl halides is 3. The molecule has 3 rings (SSSR count). The Morgan fingerprint density at radius 1 is 1.09 bits per heavy atom. The van der Waals surface area contributed by atoms with Gasteiger partial charge in [0.05, 0.1) is 5.56 Å². The van der Waals surface area contributed by atoms with Gasteiger partial charge in [0.1, 0.15) is 5.82 Å². The van der Waals surface area contributed by atoms with Crippen LogP contribution in [0.4, 0.5) is 17.6 Å². The first-order valence-electron chi connectivity index (χ1n) is 7.28. The van der Waals surface area contributed by atoms with Gasteiger partial charge >= 0.3 is 6.18 Å². The molecule has 1 saturated carbocycles. The number of hydrogen-bond acceptors (Lipinski definition) is 2. The van der Waals surface area contributed by atoms with Crippen LogP contribution in [0.5, 0.6) is 0 Å². The third-order valence-corrected chi connectivity index (χ3v) is 4.25. The van der Waals surface area contributed by atoms with E-state index in [2.05, 4.69) is 10.2 Å². The van der Waals surface area contributed by atoms with Gasteiger partial charge in [0.15, 0.2) is 0 Å². The van der Waals surface area contributed by atoms with E-state index in [9.17, 15) is 17.6 Å². The first-order valence-corrected chi connectivity index (χ1v) is 7.28. The predicted molar refractivity (Wildman–Crippen MR) is 85.8 cm³/mol. The number of benzene rings is 1. The number of rotatable bonds is 3. The van der Waals surface area contributed by atoms with Crippen molar-refractivity contribution in [2.75, 3.05) is 26.2 Å². The van der Waals surface area contributed by atoms with Crippen molar-refractivity contribution in [2.24, 2.45) is 5.92 Å². The number of halogens is 6. The van der Waals surface area contributed by atoms with Crippen molar-refractivity contribution in [2.45, 2.75) is 25.1 Å². The lowest BCUT2D eigenvalue weighted by atomic mass is 9.94. The molecule has 0 spiro atoms. The zero-order chi connectivity index (χ0) is 15.0. The van der Waals surface area contributed by atoms with Gasteiger partial charge in [-0.2, -0.15) is 13.2 Å². The van der Waals surface area contributed by atoms with Crippen LogP contribution in [0.25, 0.3) is 0 Å². The van der Waals surface area contributed by atoms with E-state index in [-0.39, 0.29) is 42.3 Å². The standard InChI is InChI=1S/C15H18F4N2.2ClH/c16-11-3-4-12(13(9-11)15(17,18)19)14(10-1-2-10)21-7-5-20-6-8-21;;/h3-4,9-10,14,20H,1-2,5-8H2;2*1H/t14-;;/m0../s1. The minimum absolute atomic E-state index is 0. The molecule has 8 heteroatoms. The van der Waals surface area contributed by atoms with Crippen LogP contribution in [-0.2, 0) is 6.18 Å². The SMILES string of the molecule is Cl.Cl.Fc1ccc([C@H](C2CC2)N2CCNCC2)c(C(F)(F)F)c1. The van der Waals surface area contributed by atoms with Gasteiger partial charge in [-0.3, -0.25) is 4.90 Å². The molecular weight excluding hydrogens is 355 g/mol.